The monoisotopic (exact) mass is 585 g/mol. The number of Topliss-reactive ketones (excluding diaryl/α,β-unsaturated/α-hetero) is 1. The Kier molecular flexibility index (Phi) is 7.47. The van der Waals surface area contributed by atoms with Gasteiger partial charge in [0.05, 0.1) is 16.8 Å². The van der Waals surface area contributed by atoms with Crippen molar-refractivity contribution in [3.05, 3.63) is 93.7 Å². The highest BCUT2D eigenvalue weighted by molar-refractivity contribution is 9.10. The molecule has 2 aromatic carbocycles. The number of benzene rings is 2. The molecule has 0 spiro atoms. The zero-order valence-electron chi connectivity index (χ0n) is 20.8. The molecule has 2 aromatic heterocycles. The van der Waals surface area contributed by atoms with Crippen molar-refractivity contribution in [2.75, 3.05) is 18.0 Å². The fraction of sp³-hybridized carbons (Fsp3) is 0.310. The number of carbonyl (C=O) groups is 1. The summed E-state index contributed by atoms with van der Waals surface area (Å²) in [6.07, 6.45) is 0.0691. The lowest BCUT2D eigenvalue weighted by Crippen LogP contribution is -2.32. The first-order valence-corrected chi connectivity index (χ1v) is 13.3. The van der Waals surface area contributed by atoms with E-state index in [-0.39, 0.29) is 11.5 Å². The average molecular weight is 586 g/mol. The number of halogens is 4. The Morgan fingerprint density at radius 3 is 2.39 bits per heavy atom. The van der Waals surface area contributed by atoms with Gasteiger partial charge in [0.15, 0.2) is 5.78 Å². The van der Waals surface area contributed by atoms with Gasteiger partial charge in [-0.05, 0) is 79.6 Å². The molecule has 5 rings (SSSR count). The molecule has 0 amide bonds. The smallest absolute Gasteiger partial charge is 0.406 e. The lowest BCUT2D eigenvalue weighted by Gasteiger charge is -2.34. The fourth-order valence-electron chi connectivity index (χ4n) is 5.15. The number of pyridine rings is 1. The normalized spacial score (nSPS) is 14.7. The van der Waals surface area contributed by atoms with Crippen LogP contribution in [0.1, 0.15) is 52.4 Å². The molecule has 0 radical (unpaired) electrons. The first-order valence-electron chi connectivity index (χ1n) is 12.5. The van der Waals surface area contributed by atoms with E-state index >= 15 is 0 Å². The Bertz CT molecular complexity index is 1420. The third-order valence-electron chi connectivity index (χ3n) is 7.07. The second kappa shape index (κ2) is 10.8. The van der Waals surface area contributed by atoms with Gasteiger partial charge in [0, 0.05) is 35.9 Å². The molecule has 5 nitrogen and oxygen atoms in total. The maximum atomic E-state index is 13.0. The first kappa shape index (κ1) is 26.3. The van der Waals surface area contributed by atoms with E-state index < -0.39 is 6.36 Å². The van der Waals surface area contributed by atoms with Gasteiger partial charge in [-0.3, -0.25) is 4.79 Å². The number of piperidine rings is 1. The van der Waals surface area contributed by atoms with Crippen molar-refractivity contribution >= 4 is 32.9 Å². The standard InChI is InChI=1S/C29H27BrF3N3O2/c1-19-28(26-18-23(30)14-17-36(26)34-19)27(37)11-4-20-2-7-24(8-3-20)35-15-12-22(13-16-35)21-5-9-25(10-6-21)38-29(31,32)33/h2-3,5-10,14,17-18,22H,4,11-13,15-16H2,1H3. The Morgan fingerprint density at radius 2 is 1.74 bits per heavy atom. The molecule has 1 aliphatic rings. The molecule has 4 aromatic rings. The Hall–Kier alpha value is -3.33. The van der Waals surface area contributed by atoms with Gasteiger partial charge in [0.1, 0.15) is 5.75 Å². The highest BCUT2D eigenvalue weighted by Crippen LogP contribution is 2.32. The molecule has 0 unspecified atom stereocenters. The summed E-state index contributed by atoms with van der Waals surface area (Å²) in [6, 6.07) is 18.4. The summed E-state index contributed by atoms with van der Waals surface area (Å²) in [6.45, 7) is 3.60. The van der Waals surface area contributed by atoms with Crippen LogP contribution in [-0.4, -0.2) is 34.8 Å². The Morgan fingerprint density at radius 1 is 1.05 bits per heavy atom. The molecular weight excluding hydrogens is 559 g/mol. The number of aromatic nitrogens is 2. The van der Waals surface area contributed by atoms with Crippen molar-refractivity contribution in [3.8, 4) is 5.75 Å². The molecule has 198 valence electrons. The molecule has 1 fully saturated rings. The van der Waals surface area contributed by atoms with Crippen LogP contribution >= 0.6 is 15.9 Å². The van der Waals surface area contributed by atoms with Crippen molar-refractivity contribution in [3.63, 3.8) is 0 Å². The summed E-state index contributed by atoms with van der Waals surface area (Å²) in [4.78, 5) is 15.4. The van der Waals surface area contributed by atoms with Gasteiger partial charge in [-0.2, -0.15) is 5.10 Å². The van der Waals surface area contributed by atoms with Gasteiger partial charge >= 0.3 is 6.36 Å². The van der Waals surface area contributed by atoms with Crippen LogP contribution in [0.4, 0.5) is 18.9 Å². The Balaban J connectivity index is 1.15. The minimum absolute atomic E-state index is 0.0831. The minimum Gasteiger partial charge on any atom is -0.406 e. The van der Waals surface area contributed by atoms with Gasteiger partial charge in [-0.1, -0.05) is 40.2 Å². The summed E-state index contributed by atoms with van der Waals surface area (Å²) >= 11 is 3.47. The van der Waals surface area contributed by atoms with Crippen LogP contribution in [0.3, 0.4) is 0 Å². The predicted molar refractivity (Wildman–Crippen MR) is 144 cm³/mol. The molecule has 1 aliphatic heterocycles. The number of aryl methyl sites for hydroxylation is 2. The van der Waals surface area contributed by atoms with Crippen molar-refractivity contribution in [2.45, 2.75) is 44.9 Å². The molecule has 0 aliphatic carbocycles. The van der Waals surface area contributed by atoms with Gasteiger partial charge < -0.3 is 9.64 Å². The molecule has 0 saturated carbocycles. The van der Waals surface area contributed by atoms with Crippen LogP contribution < -0.4 is 9.64 Å². The van der Waals surface area contributed by atoms with Gasteiger partial charge in [-0.15, -0.1) is 13.2 Å². The zero-order chi connectivity index (χ0) is 26.9. The van der Waals surface area contributed by atoms with E-state index in [1.54, 1.807) is 16.6 Å². The number of rotatable bonds is 7. The molecule has 38 heavy (non-hydrogen) atoms. The highest BCUT2D eigenvalue weighted by atomic mass is 79.9. The summed E-state index contributed by atoms with van der Waals surface area (Å²) in [5.74, 6) is 0.197. The largest absolute Gasteiger partial charge is 0.573 e. The van der Waals surface area contributed by atoms with Gasteiger partial charge in [-0.25, -0.2) is 4.52 Å². The molecule has 0 N–H and O–H groups in total. The van der Waals surface area contributed by atoms with E-state index in [0.29, 0.717) is 24.3 Å². The van der Waals surface area contributed by atoms with Crippen LogP contribution in [0.15, 0.2) is 71.3 Å². The van der Waals surface area contributed by atoms with E-state index in [9.17, 15) is 18.0 Å². The number of ketones is 1. The number of fused-ring (bicyclic) bond motifs is 1. The van der Waals surface area contributed by atoms with E-state index in [0.717, 1.165) is 58.4 Å². The van der Waals surface area contributed by atoms with Crippen LogP contribution in [0.2, 0.25) is 0 Å². The number of alkyl halides is 3. The molecule has 9 heteroatoms. The second-order valence-electron chi connectivity index (χ2n) is 9.60. The molecule has 3 heterocycles. The molecular formula is C29H27BrF3N3O2. The highest BCUT2D eigenvalue weighted by Gasteiger charge is 2.31. The number of carbonyl (C=O) groups excluding carboxylic acids is 1. The van der Waals surface area contributed by atoms with Crippen LogP contribution in [0.5, 0.6) is 5.75 Å². The van der Waals surface area contributed by atoms with Crippen molar-refractivity contribution in [2.24, 2.45) is 0 Å². The quantitative estimate of drug-likeness (QED) is 0.211. The van der Waals surface area contributed by atoms with Crippen LogP contribution in [0, 0.1) is 6.92 Å². The van der Waals surface area contributed by atoms with E-state index in [2.05, 4.69) is 54.9 Å². The van der Waals surface area contributed by atoms with Gasteiger partial charge in [0.2, 0.25) is 0 Å². The van der Waals surface area contributed by atoms with E-state index in [1.807, 2.05) is 25.3 Å². The average Bonchev–Trinajstić information content (AvgIpc) is 3.22. The maximum Gasteiger partial charge on any atom is 0.573 e. The molecule has 1 saturated heterocycles. The Labute approximate surface area is 227 Å². The lowest BCUT2D eigenvalue weighted by atomic mass is 9.89. The SMILES string of the molecule is Cc1nn2ccc(Br)cc2c1C(=O)CCc1ccc(N2CCC(c3ccc(OC(F)(F)F)cc3)CC2)cc1. The fourth-order valence-corrected chi connectivity index (χ4v) is 5.49. The number of hydrogen-bond donors (Lipinski definition) is 0. The second-order valence-corrected chi connectivity index (χ2v) is 10.5. The summed E-state index contributed by atoms with van der Waals surface area (Å²) in [5, 5.41) is 4.46. The topological polar surface area (TPSA) is 46.8 Å². The number of hydrogen-bond acceptors (Lipinski definition) is 4. The van der Waals surface area contributed by atoms with Crippen LogP contribution in [0.25, 0.3) is 5.52 Å². The summed E-state index contributed by atoms with van der Waals surface area (Å²) in [7, 11) is 0. The maximum absolute atomic E-state index is 13.0. The van der Waals surface area contributed by atoms with E-state index in [1.165, 1.54) is 12.1 Å². The third kappa shape index (κ3) is 6.04. The number of nitrogens with zero attached hydrogens (tertiary/aromatic N) is 3. The van der Waals surface area contributed by atoms with Crippen molar-refractivity contribution in [1.29, 1.82) is 0 Å². The lowest BCUT2D eigenvalue weighted by molar-refractivity contribution is -0.274. The molecule has 0 bridgehead atoms. The van der Waals surface area contributed by atoms with Crippen molar-refractivity contribution < 1.29 is 22.7 Å². The van der Waals surface area contributed by atoms with E-state index in [4.69, 9.17) is 0 Å². The predicted octanol–water partition coefficient (Wildman–Crippen LogP) is 7.50. The van der Waals surface area contributed by atoms with Gasteiger partial charge in [0.25, 0.3) is 0 Å². The first-order chi connectivity index (χ1) is 18.2. The summed E-state index contributed by atoms with van der Waals surface area (Å²) in [5.41, 5.74) is 5.49. The molecule has 0 atom stereocenters. The summed E-state index contributed by atoms with van der Waals surface area (Å²) < 4.78 is 43.8. The zero-order valence-corrected chi connectivity index (χ0v) is 22.4. The third-order valence-corrected chi connectivity index (χ3v) is 7.57. The number of ether oxygens (including phenoxy) is 1. The van der Waals surface area contributed by atoms with Crippen molar-refractivity contribution in [1.82, 2.24) is 9.61 Å². The van der Waals surface area contributed by atoms with Crippen LogP contribution in [-0.2, 0) is 6.42 Å². The minimum atomic E-state index is -4.68. The number of anilines is 1.